The second-order valence-electron chi connectivity index (χ2n) is 6.87. The molecular formula is C18H28N6O4S. The van der Waals surface area contributed by atoms with E-state index in [1.807, 2.05) is 4.90 Å². The average Bonchev–Trinajstić information content (AvgIpc) is 3.29. The number of aliphatic imine (C=N–C) groups is 1. The molecule has 0 bridgehead atoms. The van der Waals surface area contributed by atoms with E-state index < -0.39 is 10.0 Å². The minimum atomic E-state index is -3.58. The molecule has 0 aliphatic carbocycles. The van der Waals surface area contributed by atoms with Crippen LogP contribution in [0, 0.1) is 0 Å². The summed E-state index contributed by atoms with van der Waals surface area (Å²) in [4.78, 5) is 24.6. The predicted molar refractivity (Wildman–Crippen MR) is 108 cm³/mol. The molecule has 1 amide bonds. The summed E-state index contributed by atoms with van der Waals surface area (Å²) < 4.78 is 32.4. The lowest BCUT2D eigenvalue weighted by Gasteiger charge is -2.37. The molecule has 0 radical (unpaired) electrons. The van der Waals surface area contributed by atoms with E-state index in [0.717, 1.165) is 12.8 Å². The number of guanidine groups is 1. The van der Waals surface area contributed by atoms with Gasteiger partial charge >= 0.3 is 0 Å². The number of piperazine rings is 1. The fourth-order valence-electron chi connectivity index (χ4n) is 3.40. The van der Waals surface area contributed by atoms with Gasteiger partial charge in [-0.15, -0.1) is 0 Å². The Kier molecular flexibility index (Phi) is 7.40. The minimum Gasteiger partial charge on any atom is -0.368 e. The molecule has 160 valence electrons. The van der Waals surface area contributed by atoms with Crippen LogP contribution >= 0.6 is 0 Å². The molecule has 1 aromatic heterocycles. The molecule has 1 unspecified atom stereocenters. The molecular weight excluding hydrogens is 396 g/mol. The van der Waals surface area contributed by atoms with Gasteiger partial charge in [0.15, 0.2) is 5.96 Å². The Morgan fingerprint density at radius 1 is 1.28 bits per heavy atom. The Morgan fingerprint density at radius 2 is 2.03 bits per heavy atom. The van der Waals surface area contributed by atoms with E-state index in [2.05, 4.69) is 24.9 Å². The highest BCUT2D eigenvalue weighted by Crippen LogP contribution is 2.16. The van der Waals surface area contributed by atoms with Crippen LogP contribution in [-0.4, -0.2) is 94.1 Å². The third-order valence-electron chi connectivity index (χ3n) is 4.95. The molecule has 0 saturated carbocycles. The van der Waals surface area contributed by atoms with Crippen LogP contribution in [0.4, 0.5) is 0 Å². The van der Waals surface area contributed by atoms with Gasteiger partial charge in [0, 0.05) is 65.3 Å². The van der Waals surface area contributed by atoms with Gasteiger partial charge in [0.05, 0.1) is 0 Å². The fourth-order valence-corrected chi connectivity index (χ4v) is 4.39. The summed E-state index contributed by atoms with van der Waals surface area (Å²) in [6.07, 6.45) is 4.30. The Morgan fingerprint density at radius 3 is 2.66 bits per heavy atom. The summed E-state index contributed by atoms with van der Waals surface area (Å²) >= 11 is 0. The van der Waals surface area contributed by atoms with Gasteiger partial charge in [0.2, 0.25) is 10.0 Å². The molecule has 1 aromatic rings. The van der Waals surface area contributed by atoms with Gasteiger partial charge in [0.25, 0.3) is 5.91 Å². The molecule has 29 heavy (non-hydrogen) atoms. The van der Waals surface area contributed by atoms with Crippen molar-refractivity contribution in [2.24, 2.45) is 4.99 Å². The molecule has 3 heterocycles. The molecule has 2 aliphatic heterocycles. The minimum absolute atomic E-state index is 0.0786. The zero-order valence-corrected chi connectivity index (χ0v) is 17.4. The first-order valence-corrected chi connectivity index (χ1v) is 11.3. The second-order valence-corrected chi connectivity index (χ2v) is 8.64. The molecule has 3 rings (SSSR count). The normalized spacial score (nSPS) is 20.7. The third kappa shape index (κ3) is 5.64. The number of nitrogens with one attached hydrogen (secondary N) is 2. The van der Waals surface area contributed by atoms with Crippen LogP contribution in [0.1, 0.15) is 12.8 Å². The Balaban J connectivity index is 1.41. The van der Waals surface area contributed by atoms with Crippen LogP contribution < -0.4 is 10.0 Å². The average molecular weight is 425 g/mol. The standard InChI is InChI=1S/C18H28N6O4S/c1-19-18(21-7-8-22-29(26,27)15-4-2-6-20-14-15)24-11-9-23(10-12-24)17(25)16-5-3-13-28-16/h2,4,6,14,16,22H,3,5,7-13H2,1H3,(H,19,21). The number of rotatable bonds is 6. The molecule has 0 aromatic carbocycles. The number of hydrogen-bond acceptors (Lipinski definition) is 6. The van der Waals surface area contributed by atoms with E-state index in [-0.39, 0.29) is 23.5 Å². The number of hydrogen-bond donors (Lipinski definition) is 2. The number of carbonyl (C=O) groups excluding carboxylic acids is 1. The first-order chi connectivity index (χ1) is 14.0. The van der Waals surface area contributed by atoms with E-state index >= 15 is 0 Å². The summed E-state index contributed by atoms with van der Waals surface area (Å²) in [5.74, 6) is 0.768. The zero-order valence-electron chi connectivity index (χ0n) is 16.6. The maximum Gasteiger partial charge on any atom is 0.251 e. The molecule has 1 atom stereocenters. The molecule has 11 heteroatoms. The molecule has 2 fully saturated rings. The highest BCUT2D eigenvalue weighted by atomic mass is 32.2. The summed E-state index contributed by atoms with van der Waals surface area (Å²) in [6.45, 7) is 3.84. The van der Waals surface area contributed by atoms with E-state index in [0.29, 0.717) is 45.3 Å². The molecule has 0 spiro atoms. The SMILES string of the molecule is CN=C(NCCNS(=O)(=O)c1cccnc1)N1CCN(C(=O)C2CCCO2)CC1. The zero-order chi connectivity index (χ0) is 20.7. The van der Waals surface area contributed by atoms with Crippen LogP contribution in [-0.2, 0) is 19.6 Å². The van der Waals surface area contributed by atoms with Crippen molar-refractivity contribution in [2.45, 2.75) is 23.8 Å². The van der Waals surface area contributed by atoms with Crippen LogP contribution in [0.3, 0.4) is 0 Å². The smallest absolute Gasteiger partial charge is 0.251 e. The number of sulfonamides is 1. The lowest BCUT2D eigenvalue weighted by molar-refractivity contribution is -0.142. The van der Waals surface area contributed by atoms with Crippen molar-refractivity contribution < 1.29 is 17.9 Å². The summed E-state index contributed by atoms with van der Waals surface area (Å²) in [5.41, 5.74) is 0. The van der Waals surface area contributed by atoms with Crippen molar-refractivity contribution >= 4 is 21.9 Å². The summed E-state index contributed by atoms with van der Waals surface area (Å²) in [7, 11) is -1.89. The van der Waals surface area contributed by atoms with Gasteiger partial charge in [-0.05, 0) is 25.0 Å². The van der Waals surface area contributed by atoms with Crippen molar-refractivity contribution in [1.82, 2.24) is 24.8 Å². The largest absolute Gasteiger partial charge is 0.368 e. The van der Waals surface area contributed by atoms with Crippen molar-refractivity contribution in [3.63, 3.8) is 0 Å². The van der Waals surface area contributed by atoms with E-state index in [4.69, 9.17) is 4.74 Å². The summed E-state index contributed by atoms with van der Waals surface area (Å²) in [5, 5.41) is 3.17. The first-order valence-electron chi connectivity index (χ1n) is 9.77. The van der Waals surface area contributed by atoms with Gasteiger partial charge in [-0.1, -0.05) is 0 Å². The Bertz CT molecular complexity index is 803. The predicted octanol–water partition coefficient (Wildman–Crippen LogP) is -0.741. The topological polar surface area (TPSA) is 116 Å². The molecule has 10 nitrogen and oxygen atoms in total. The highest BCUT2D eigenvalue weighted by Gasteiger charge is 2.30. The van der Waals surface area contributed by atoms with Crippen LogP contribution in [0.2, 0.25) is 0 Å². The molecule has 2 aliphatic rings. The van der Waals surface area contributed by atoms with Gasteiger partial charge < -0.3 is 19.9 Å². The Labute approximate surface area is 171 Å². The van der Waals surface area contributed by atoms with Crippen LogP contribution in [0.15, 0.2) is 34.4 Å². The van der Waals surface area contributed by atoms with Crippen LogP contribution in [0.5, 0.6) is 0 Å². The fraction of sp³-hybridized carbons (Fsp3) is 0.611. The number of carbonyl (C=O) groups is 1. The number of ether oxygens (including phenoxy) is 1. The first kappa shape index (κ1) is 21.5. The van der Waals surface area contributed by atoms with E-state index in [1.165, 1.54) is 18.5 Å². The molecule has 2 N–H and O–H groups in total. The lowest BCUT2D eigenvalue weighted by atomic mass is 10.2. The number of aromatic nitrogens is 1. The summed E-state index contributed by atoms with van der Waals surface area (Å²) in [6, 6.07) is 3.08. The van der Waals surface area contributed by atoms with Gasteiger partial charge in [-0.25, -0.2) is 13.1 Å². The van der Waals surface area contributed by atoms with Gasteiger partial charge in [-0.3, -0.25) is 14.8 Å². The quantitative estimate of drug-likeness (QED) is 0.351. The maximum absolute atomic E-state index is 12.4. The number of nitrogens with zero attached hydrogens (tertiary/aromatic N) is 4. The Hall–Kier alpha value is -2.24. The van der Waals surface area contributed by atoms with Crippen LogP contribution in [0.25, 0.3) is 0 Å². The number of amides is 1. The van der Waals surface area contributed by atoms with Crippen molar-refractivity contribution in [1.29, 1.82) is 0 Å². The van der Waals surface area contributed by atoms with Crippen molar-refractivity contribution in [3.8, 4) is 0 Å². The second kappa shape index (κ2) is 9.99. The molecule has 2 saturated heterocycles. The van der Waals surface area contributed by atoms with Crippen molar-refractivity contribution in [2.75, 3.05) is 52.9 Å². The van der Waals surface area contributed by atoms with Crippen molar-refractivity contribution in [3.05, 3.63) is 24.5 Å². The van der Waals surface area contributed by atoms with E-state index in [9.17, 15) is 13.2 Å². The van der Waals surface area contributed by atoms with E-state index in [1.54, 1.807) is 13.1 Å². The van der Waals surface area contributed by atoms with Gasteiger partial charge in [0.1, 0.15) is 11.0 Å². The lowest BCUT2D eigenvalue weighted by Crippen LogP contribution is -2.55. The third-order valence-corrected chi connectivity index (χ3v) is 6.40. The number of pyridine rings is 1. The highest BCUT2D eigenvalue weighted by molar-refractivity contribution is 7.89. The van der Waals surface area contributed by atoms with Gasteiger partial charge in [-0.2, -0.15) is 0 Å². The maximum atomic E-state index is 12.4. The monoisotopic (exact) mass is 424 g/mol.